The highest BCUT2D eigenvalue weighted by molar-refractivity contribution is 5.59. The minimum absolute atomic E-state index is 0.160. The first kappa shape index (κ1) is 11.5. The monoisotopic (exact) mass is 217 g/mol. The van der Waals surface area contributed by atoms with E-state index in [1.807, 2.05) is 0 Å². The van der Waals surface area contributed by atoms with Crippen LogP contribution in [0.5, 0.6) is 0 Å². The van der Waals surface area contributed by atoms with Crippen molar-refractivity contribution in [3.05, 3.63) is 28.8 Å². The van der Waals surface area contributed by atoms with Gasteiger partial charge in [-0.3, -0.25) is 0 Å². The number of hydrogen-bond acceptors (Lipinski definition) is 1. The largest absolute Gasteiger partial charge is 0.398 e. The molecule has 0 aromatic heterocycles. The van der Waals surface area contributed by atoms with Crippen LogP contribution in [-0.2, 0) is 11.8 Å². The number of benzene rings is 1. The van der Waals surface area contributed by atoms with E-state index in [4.69, 9.17) is 5.73 Å². The molecule has 0 bridgehead atoms. The fourth-order valence-electron chi connectivity index (χ4n) is 2.66. The van der Waals surface area contributed by atoms with E-state index < -0.39 is 0 Å². The van der Waals surface area contributed by atoms with E-state index in [1.54, 1.807) is 5.56 Å². The van der Waals surface area contributed by atoms with Crippen molar-refractivity contribution in [2.24, 2.45) is 0 Å². The maximum absolute atomic E-state index is 6.20. The van der Waals surface area contributed by atoms with E-state index in [0.29, 0.717) is 0 Å². The average Bonchev–Trinajstić information content (AvgIpc) is 2.98. The van der Waals surface area contributed by atoms with Crippen LogP contribution >= 0.6 is 0 Å². The molecule has 0 atom stereocenters. The van der Waals surface area contributed by atoms with Crippen molar-refractivity contribution in [2.75, 3.05) is 5.73 Å². The molecule has 0 spiro atoms. The van der Waals surface area contributed by atoms with Crippen molar-refractivity contribution in [1.29, 1.82) is 0 Å². The molecule has 2 rings (SSSR count). The van der Waals surface area contributed by atoms with Crippen molar-refractivity contribution in [3.8, 4) is 0 Å². The predicted molar refractivity (Wildman–Crippen MR) is 70.9 cm³/mol. The van der Waals surface area contributed by atoms with Gasteiger partial charge in [-0.05, 0) is 53.4 Å². The zero-order chi connectivity index (χ0) is 11.9. The Balaban J connectivity index is 2.63. The van der Waals surface area contributed by atoms with E-state index in [1.165, 1.54) is 24.0 Å². The van der Waals surface area contributed by atoms with Gasteiger partial charge < -0.3 is 5.73 Å². The molecule has 1 nitrogen and oxygen atoms in total. The van der Waals surface area contributed by atoms with Crippen molar-refractivity contribution in [2.45, 2.75) is 58.3 Å². The summed E-state index contributed by atoms with van der Waals surface area (Å²) >= 11 is 0. The maximum Gasteiger partial charge on any atom is 0.0355 e. The van der Waals surface area contributed by atoms with Crippen LogP contribution < -0.4 is 5.73 Å². The topological polar surface area (TPSA) is 26.0 Å². The van der Waals surface area contributed by atoms with Crippen molar-refractivity contribution >= 4 is 5.69 Å². The smallest absolute Gasteiger partial charge is 0.0355 e. The molecule has 0 heterocycles. The second-order valence-corrected chi connectivity index (χ2v) is 5.98. The Bertz CT molecular complexity index is 395. The zero-order valence-electron chi connectivity index (χ0n) is 10.9. The molecular formula is C15H23N. The highest BCUT2D eigenvalue weighted by atomic mass is 14.6. The highest BCUT2D eigenvalue weighted by Gasteiger charge is 2.32. The van der Waals surface area contributed by atoms with Crippen LogP contribution in [0.15, 0.2) is 12.1 Å². The third-order valence-corrected chi connectivity index (χ3v) is 3.48. The van der Waals surface area contributed by atoms with E-state index in [2.05, 4.69) is 39.8 Å². The molecule has 2 N–H and O–H groups in total. The van der Waals surface area contributed by atoms with Crippen LogP contribution in [0.4, 0.5) is 5.69 Å². The van der Waals surface area contributed by atoms with E-state index in [0.717, 1.165) is 18.0 Å². The van der Waals surface area contributed by atoms with Gasteiger partial charge in [0, 0.05) is 5.69 Å². The lowest BCUT2D eigenvalue weighted by molar-refractivity contribution is 0.583. The summed E-state index contributed by atoms with van der Waals surface area (Å²) < 4.78 is 0. The summed E-state index contributed by atoms with van der Waals surface area (Å²) in [7, 11) is 0. The van der Waals surface area contributed by atoms with E-state index >= 15 is 0 Å². The minimum Gasteiger partial charge on any atom is -0.398 e. The van der Waals surface area contributed by atoms with E-state index in [9.17, 15) is 0 Å². The lowest BCUT2D eigenvalue weighted by Crippen LogP contribution is -2.18. The molecule has 0 amide bonds. The van der Waals surface area contributed by atoms with Crippen LogP contribution in [-0.4, -0.2) is 0 Å². The summed E-state index contributed by atoms with van der Waals surface area (Å²) in [4.78, 5) is 0. The summed E-state index contributed by atoms with van der Waals surface area (Å²) in [5.41, 5.74) is 11.8. The summed E-state index contributed by atoms with van der Waals surface area (Å²) in [5.74, 6) is 0.785. The van der Waals surface area contributed by atoms with Gasteiger partial charge in [-0.2, -0.15) is 0 Å². The fraction of sp³-hybridized carbons (Fsp3) is 0.600. The third kappa shape index (κ3) is 1.95. The van der Waals surface area contributed by atoms with Gasteiger partial charge in [0.15, 0.2) is 0 Å². The highest BCUT2D eigenvalue weighted by Crippen LogP contribution is 2.47. The molecule has 88 valence electrons. The Kier molecular flexibility index (Phi) is 2.73. The number of nitrogen functional groups attached to an aromatic ring is 1. The summed E-state index contributed by atoms with van der Waals surface area (Å²) in [6.45, 7) is 9.04. The summed E-state index contributed by atoms with van der Waals surface area (Å²) in [6.07, 6.45) is 3.81. The third-order valence-electron chi connectivity index (χ3n) is 3.48. The first-order valence-electron chi connectivity index (χ1n) is 6.37. The SMILES string of the molecule is CCc1ccc(N)c(C(C)(C)C)c1C1CC1. The number of rotatable bonds is 2. The van der Waals surface area contributed by atoms with Gasteiger partial charge in [0.2, 0.25) is 0 Å². The molecule has 1 aromatic rings. The molecule has 0 unspecified atom stereocenters. The van der Waals surface area contributed by atoms with Crippen LogP contribution in [0.1, 0.15) is 63.1 Å². The van der Waals surface area contributed by atoms with Gasteiger partial charge in [-0.15, -0.1) is 0 Å². The molecule has 16 heavy (non-hydrogen) atoms. The molecular weight excluding hydrogens is 194 g/mol. The number of aryl methyl sites for hydroxylation is 1. The summed E-state index contributed by atoms with van der Waals surface area (Å²) in [6, 6.07) is 4.31. The van der Waals surface area contributed by atoms with Gasteiger partial charge in [-0.1, -0.05) is 33.8 Å². The zero-order valence-corrected chi connectivity index (χ0v) is 10.9. The normalized spacial score (nSPS) is 16.5. The number of hydrogen-bond donors (Lipinski definition) is 1. The Morgan fingerprint density at radius 3 is 2.31 bits per heavy atom. The molecule has 0 radical (unpaired) electrons. The standard InChI is InChI=1S/C15H23N/c1-5-10-8-9-12(16)14(15(2,3)4)13(10)11-6-7-11/h8-9,11H,5-7,16H2,1-4H3. The Morgan fingerprint density at radius 1 is 1.25 bits per heavy atom. The van der Waals surface area contributed by atoms with Crippen molar-refractivity contribution in [1.82, 2.24) is 0 Å². The maximum atomic E-state index is 6.20. The minimum atomic E-state index is 0.160. The number of nitrogens with two attached hydrogens (primary N) is 1. The van der Waals surface area contributed by atoms with Gasteiger partial charge in [-0.25, -0.2) is 0 Å². The second kappa shape index (κ2) is 3.80. The molecule has 0 saturated heterocycles. The molecule has 1 heteroatoms. The van der Waals surface area contributed by atoms with Gasteiger partial charge in [0.25, 0.3) is 0 Å². The molecule has 1 aromatic carbocycles. The first-order valence-corrected chi connectivity index (χ1v) is 6.37. The van der Waals surface area contributed by atoms with Crippen LogP contribution in [0, 0.1) is 0 Å². The predicted octanol–water partition coefficient (Wildman–Crippen LogP) is 4.01. The van der Waals surface area contributed by atoms with Gasteiger partial charge >= 0.3 is 0 Å². The Morgan fingerprint density at radius 2 is 1.88 bits per heavy atom. The van der Waals surface area contributed by atoms with Crippen LogP contribution in [0.3, 0.4) is 0 Å². The molecule has 1 saturated carbocycles. The quantitative estimate of drug-likeness (QED) is 0.744. The van der Waals surface area contributed by atoms with Gasteiger partial charge in [0.1, 0.15) is 0 Å². The second-order valence-electron chi connectivity index (χ2n) is 5.98. The van der Waals surface area contributed by atoms with Crippen LogP contribution in [0.25, 0.3) is 0 Å². The summed E-state index contributed by atoms with van der Waals surface area (Å²) in [5, 5.41) is 0. The molecule has 1 aliphatic carbocycles. The Labute approximate surface area is 99.0 Å². The van der Waals surface area contributed by atoms with Crippen LogP contribution in [0.2, 0.25) is 0 Å². The van der Waals surface area contributed by atoms with Gasteiger partial charge in [0.05, 0.1) is 0 Å². The molecule has 1 aliphatic rings. The Hall–Kier alpha value is -0.980. The fourth-order valence-corrected chi connectivity index (χ4v) is 2.66. The molecule has 0 aliphatic heterocycles. The van der Waals surface area contributed by atoms with Crippen molar-refractivity contribution in [3.63, 3.8) is 0 Å². The lowest BCUT2D eigenvalue weighted by atomic mass is 9.79. The lowest BCUT2D eigenvalue weighted by Gasteiger charge is -2.27. The average molecular weight is 217 g/mol. The van der Waals surface area contributed by atoms with E-state index in [-0.39, 0.29) is 5.41 Å². The number of anilines is 1. The first-order chi connectivity index (χ1) is 7.45. The van der Waals surface area contributed by atoms with Crippen molar-refractivity contribution < 1.29 is 0 Å². The molecule has 1 fully saturated rings.